The van der Waals surface area contributed by atoms with Gasteiger partial charge in [0.2, 0.25) is 11.8 Å². The number of hydrogen-bond acceptors (Lipinski definition) is 6. The Kier molecular flexibility index (Phi) is 8.91. The van der Waals surface area contributed by atoms with Crippen LogP contribution < -0.4 is 15.4 Å². The van der Waals surface area contributed by atoms with E-state index in [-0.39, 0.29) is 24.0 Å². The van der Waals surface area contributed by atoms with Gasteiger partial charge < -0.3 is 19.9 Å². The van der Waals surface area contributed by atoms with Crippen LogP contribution in [0.3, 0.4) is 0 Å². The van der Waals surface area contributed by atoms with Crippen LogP contribution in [0.25, 0.3) is 0 Å². The minimum Gasteiger partial charge on any atom is -0.494 e. The number of nitrogens with one attached hydrogen (secondary N) is 2. The van der Waals surface area contributed by atoms with Crippen LogP contribution in [0.1, 0.15) is 12.7 Å². The van der Waals surface area contributed by atoms with Crippen molar-refractivity contribution in [3.63, 3.8) is 0 Å². The number of rotatable bonds is 11. The molecule has 2 aromatic carbocycles. The van der Waals surface area contributed by atoms with E-state index in [0.717, 1.165) is 5.75 Å². The summed E-state index contributed by atoms with van der Waals surface area (Å²) >= 11 is 7.30. The van der Waals surface area contributed by atoms with Crippen molar-refractivity contribution in [1.29, 1.82) is 0 Å². The maximum absolute atomic E-state index is 12.5. The number of ether oxygens (including phenoxy) is 1. The van der Waals surface area contributed by atoms with Gasteiger partial charge in [0, 0.05) is 12.2 Å². The average molecular weight is 486 g/mol. The molecule has 33 heavy (non-hydrogen) atoms. The van der Waals surface area contributed by atoms with Gasteiger partial charge in [0.25, 0.3) is 0 Å². The second-order valence-corrected chi connectivity index (χ2v) is 8.15. The first kappa shape index (κ1) is 24.3. The quantitative estimate of drug-likeness (QED) is 0.308. The number of benzene rings is 2. The van der Waals surface area contributed by atoms with Gasteiger partial charge in [-0.2, -0.15) is 0 Å². The summed E-state index contributed by atoms with van der Waals surface area (Å²) in [5.41, 5.74) is 1.20. The van der Waals surface area contributed by atoms with Crippen LogP contribution in [0.5, 0.6) is 5.75 Å². The molecule has 0 saturated heterocycles. The van der Waals surface area contributed by atoms with Crippen LogP contribution in [-0.2, 0) is 22.6 Å². The Labute approximate surface area is 201 Å². The molecule has 2 N–H and O–H groups in total. The molecule has 8 nitrogen and oxygen atoms in total. The highest BCUT2D eigenvalue weighted by molar-refractivity contribution is 7.99. The molecule has 0 atom stereocenters. The summed E-state index contributed by atoms with van der Waals surface area (Å²) in [6.45, 7) is 6.65. The fraction of sp³-hybridized carbons (Fsp3) is 0.217. The van der Waals surface area contributed by atoms with Crippen molar-refractivity contribution in [2.75, 3.05) is 23.0 Å². The van der Waals surface area contributed by atoms with Crippen molar-refractivity contribution in [2.24, 2.45) is 0 Å². The molecule has 10 heteroatoms. The fourth-order valence-electron chi connectivity index (χ4n) is 2.90. The molecule has 3 rings (SSSR count). The van der Waals surface area contributed by atoms with Crippen LogP contribution in [-0.4, -0.2) is 38.9 Å². The Balaban J connectivity index is 1.60. The number of thioether (sulfide) groups is 1. The summed E-state index contributed by atoms with van der Waals surface area (Å²) in [4.78, 5) is 24.8. The molecule has 0 radical (unpaired) electrons. The highest BCUT2D eigenvalue weighted by Crippen LogP contribution is 2.22. The Hall–Kier alpha value is -3.30. The summed E-state index contributed by atoms with van der Waals surface area (Å²) < 4.78 is 7.17. The van der Waals surface area contributed by atoms with Crippen LogP contribution in [0.4, 0.5) is 11.4 Å². The molecular formula is C23H24ClN5O3S. The molecular weight excluding hydrogens is 462 g/mol. The van der Waals surface area contributed by atoms with Crippen molar-refractivity contribution in [1.82, 2.24) is 14.8 Å². The maximum atomic E-state index is 12.5. The Bertz CT molecular complexity index is 1120. The van der Waals surface area contributed by atoms with Crippen molar-refractivity contribution in [3.05, 3.63) is 72.0 Å². The summed E-state index contributed by atoms with van der Waals surface area (Å²) in [5, 5.41) is 14.9. The number of allylic oxidation sites excluding steroid dienone is 1. The van der Waals surface area contributed by atoms with Crippen LogP contribution in [0.2, 0.25) is 5.02 Å². The number of aromatic nitrogens is 3. The smallest absolute Gasteiger partial charge is 0.234 e. The second kappa shape index (κ2) is 12.1. The molecule has 0 aliphatic heterocycles. The van der Waals surface area contributed by atoms with Crippen molar-refractivity contribution < 1.29 is 14.3 Å². The summed E-state index contributed by atoms with van der Waals surface area (Å²) in [6, 6.07) is 14.1. The molecule has 172 valence electrons. The molecule has 3 aromatic rings. The van der Waals surface area contributed by atoms with Crippen molar-refractivity contribution >= 4 is 46.6 Å². The number of para-hydroxylation sites is 1. The van der Waals surface area contributed by atoms with E-state index in [2.05, 4.69) is 27.4 Å². The number of carbonyl (C=O) groups is 2. The lowest BCUT2D eigenvalue weighted by Crippen LogP contribution is -2.18. The lowest BCUT2D eigenvalue weighted by Gasteiger charge is -2.09. The summed E-state index contributed by atoms with van der Waals surface area (Å²) in [5.74, 6) is 0.869. The van der Waals surface area contributed by atoms with Crippen molar-refractivity contribution in [2.45, 2.75) is 25.0 Å². The number of hydrogen-bond donors (Lipinski definition) is 2. The van der Waals surface area contributed by atoms with Gasteiger partial charge in [0.15, 0.2) is 5.16 Å². The SMILES string of the molecule is C=CCn1c(CC(=O)Nc2ccc(OCC)cc2)nnc1SCC(=O)Nc1ccccc1Cl. The van der Waals surface area contributed by atoms with E-state index < -0.39 is 0 Å². The fourth-order valence-corrected chi connectivity index (χ4v) is 3.85. The zero-order valence-electron chi connectivity index (χ0n) is 18.1. The molecule has 0 aliphatic carbocycles. The molecule has 0 aliphatic rings. The Morgan fingerprint density at radius 3 is 2.58 bits per heavy atom. The number of halogens is 1. The van der Waals surface area contributed by atoms with E-state index in [1.165, 1.54) is 11.8 Å². The topological polar surface area (TPSA) is 98.1 Å². The van der Waals surface area contributed by atoms with Gasteiger partial charge in [-0.1, -0.05) is 41.6 Å². The van der Waals surface area contributed by atoms with E-state index in [1.807, 2.05) is 6.92 Å². The van der Waals surface area contributed by atoms with Crippen LogP contribution in [0, 0.1) is 0 Å². The zero-order valence-corrected chi connectivity index (χ0v) is 19.7. The summed E-state index contributed by atoms with van der Waals surface area (Å²) in [7, 11) is 0. The monoisotopic (exact) mass is 485 g/mol. The highest BCUT2D eigenvalue weighted by Gasteiger charge is 2.17. The van der Waals surface area contributed by atoms with Gasteiger partial charge >= 0.3 is 0 Å². The maximum Gasteiger partial charge on any atom is 0.234 e. The first-order chi connectivity index (χ1) is 16.0. The van der Waals surface area contributed by atoms with Crippen LogP contribution >= 0.6 is 23.4 Å². The molecule has 0 spiro atoms. The van der Waals surface area contributed by atoms with Crippen molar-refractivity contribution in [3.8, 4) is 5.75 Å². The zero-order chi connectivity index (χ0) is 23.6. The molecule has 0 unspecified atom stereocenters. The first-order valence-corrected chi connectivity index (χ1v) is 11.6. The summed E-state index contributed by atoms with van der Waals surface area (Å²) in [6.07, 6.45) is 1.71. The lowest BCUT2D eigenvalue weighted by molar-refractivity contribution is -0.116. The molecule has 1 aromatic heterocycles. The Morgan fingerprint density at radius 1 is 1.12 bits per heavy atom. The van der Waals surface area contributed by atoms with E-state index in [4.69, 9.17) is 16.3 Å². The predicted molar refractivity (Wildman–Crippen MR) is 131 cm³/mol. The third kappa shape index (κ3) is 7.10. The lowest BCUT2D eigenvalue weighted by atomic mass is 10.3. The van der Waals surface area contributed by atoms with Crippen LogP contribution in [0.15, 0.2) is 66.3 Å². The number of anilines is 2. The van der Waals surface area contributed by atoms with Gasteiger partial charge in [0.1, 0.15) is 11.6 Å². The molecule has 0 bridgehead atoms. The molecule has 1 heterocycles. The largest absolute Gasteiger partial charge is 0.494 e. The van der Waals surface area contributed by atoms with E-state index in [1.54, 1.807) is 59.2 Å². The van der Waals surface area contributed by atoms with Gasteiger partial charge in [0.05, 0.1) is 29.5 Å². The van der Waals surface area contributed by atoms with E-state index in [0.29, 0.717) is 40.5 Å². The predicted octanol–water partition coefficient (Wildman–Crippen LogP) is 4.43. The molecule has 0 saturated carbocycles. The normalized spacial score (nSPS) is 10.5. The molecule has 2 amide bonds. The van der Waals surface area contributed by atoms with Gasteiger partial charge in [-0.05, 0) is 43.3 Å². The highest BCUT2D eigenvalue weighted by atomic mass is 35.5. The van der Waals surface area contributed by atoms with Gasteiger partial charge in [-0.15, -0.1) is 16.8 Å². The minimum atomic E-state index is -0.232. The third-order valence-electron chi connectivity index (χ3n) is 4.35. The minimum absolute atomic E-state index is 0.0282. The van der Waals surface area contributed by atoms with E-state index >= 15 is 0 Å². The average Bonchev–Trinajstić information content (AvgIpc) is 3.17. The van der Waals surface area contributed by atoms with Gasteiger partial charge in [-0.25, -0.2) is 0 Å². The number of amides is 2. The second-order valence-electron chi connectivity index (χ2n) is 6.80. The standard InChI is InChI=1S/C23H24ClN5O3S/c1-3-13-29-20(14-21(30)25-16-9-11-17(12-10-16)32-4-2)27-28-23(29)33-15-22(31)26-19-8-6-5-7-18(19)24/h3,5-12H,1,4,13-15H2,2H3,(H,25,30)(H,26,31). The molecule has 0 fully saturated rings. The first-order valence-electron chi connectivity index (χ1n) is 10.2. The van der Waals surface area contributed by atoms with Gasteiger partial charge in [-0.3, -0.25) is 9.59 Å². The number of carbonyl (C=O) groups excluding carboxylic acids is 2. The van der Waals surface area contributed by atoms with E-state index in [9.17, 15) is 9.59 Å². The third-order valence-corrected chi connectivity index (χ3v) is 5.65. The number of nitrogens with zero attached hydrogens (tertiary/aromatic N) is 3. The Morgan fingerprint density at radius 2 is 1.88 bits per heavy atom.